The summed E-state index contributed by atoms with van der Waals surface area (Å²) < 4.78 is 18.9. The quantitative estimate of drug-likeness (QED) is 0.824. The Morgan fingerprint density at radius 1 is 1.57 bits per heavy atom. The Kier molecular flexibility index (Phi) is 4.68. The molecule has 0 unspecified atom stereocenters. The molecule has 1 amide bonds. The van der Waals surface area contributed by atoms with Crippen molar-refractivity contribution in [2.24, 2.45) is 5.92 Å². The van der Waals surface area contributed by atoms with Crippen molar-refractivity contribution in [2.75, 3.05) is 13.2 Å². The van der Waals surface area contributed by atoms with Crippen molar-refractivity contribution in [3.05, 3.63) is 47.4 Å². The van der Waals surface area contributed by atoms with Gasteiger partial charge in [0.1, 0.15) is 5.82 Å². The molecular formula is C17H18ClFN2O2. The van der Waals surface area contributed by atoms with Crippen molar-refractivity contribution in [3.63, 3.8) is 0 Å². The van der Waals surface area contributed by atoms with E-state index in [2.05, 4.69) is 16.9 Å². The number of hydrogen-bond acceptors (Lipinski definition) is 2. The van der Waals surface area contributed by atoms with Crippen LogP contribution in [-0.2, 0) is 16.0 Å². The third-order valence-corrected chi connectivity index (χ3v) is 4.50. The predicted molar refractivity (Wildman–Crippen MR) is 88.0 cm³/mol. The molecule has 2 heterocycles. The maximum atomic E-state index is 13.4. The summed E-state index contributed by atoms with van der Waals surface area (Å²) in [7, 11) is 0. The number of nitrogens with one attached hydrogen (secondary N) is 2. The molecule has 6 heteroatoms. The summed E-state index contributed by atoms with van der Waals surface area (Å²) in [5, 5.41) is 3.90. The molecule has 2 aromatic rings. The number of hydrogen-bond donors (Lipinski definition) is 2. The summed E-state index contributed by atoms with van der Waals surface area (Å²) in [6.07, 6.45) is 4.64. The smallest absolute Gasteiger partial charge is 0.226 e. The molecule has 23 heavy (non-hydrogen) atoms. The molecule has 2 N–H and O–H groups in total. The van der Waals surface area contributed by atoms with Crippen molar-refractivity contribution in [3.8, 4) is 0 Å². The summed E-state index contributed by atoms with van der Waals surface area (Å²) in [6.45, 7) is 4.78. The summed E-state index contributed by atoms with van der Waals surface area (Å²) in [5.74, 6) is -0.632. The molecule has 1 fully saturated rings. The van der Waals surface area contributed by atoms with Gasteiger partial charge in [-0.1, -0.05) is 17.7 Å². The number of rotatable bonds is 5. The van der Waals surface area contributed by atoms with Gasteiger partial charge < -0.3 is 15.0 Å². The van der Waals surface area contributed by atoms with Gasteiger partial charge >= 0.3 is 0 Å². The van der Waals surface area contributed by atoms with Crippen LogP contribution >= 0.6 is 11.6 Å². The van der Waals surface area contributed by atoms with Gasteiger partial charge in [0.15, 0.2) is 0 Å². The summed E-state index contributed by atoms with van der Waals surface area (Å²) in [5.41, 5.74) is 1.69. The molecule has 2 atom stereocenters. The molecule has 0 saturated carbocycles. The number of ether oxygens (including phenoxy) is 1. The fourth-order valence-corrected chi connectivity index (χ4v) is 3.12. The molecule has 1 aliphatic rings. The van der Waals surface area contributed by atoms with Gasteiger partial charge in [-0.2, -0.15) is 0 Å². The van der Waals surface area contributed by atoms with Gasteiger partial charge in [-0.3, -0.25) is 4.79 Å². The van der Waals surface area contributed by atoms with Crippen molar-refractivity contribution in [2.45, 2.75) is 18.9 Å². The maximum absolute atomic E-state index is 13.4. The minimum absolute atomic E-state index is 0.0173. The first kappa shape index (κ1) is 16.0. The second-order valence-electron chi connectivity index (χ2n) is 5.63. The fraction of sp³-hybridized carbons (Fsp3) is 0.353. The second kappa shape index (κ2) is 6.72. The van der Waals surface area contributed by atoms with Crippen LogP contribution in [-0.4, -0.2) is 30.1 Å². The molecule has 1 aliphatic heterocycles. The van der Waals surface area contributed by atoms with Gasteiger partial charge in [0.2, 0.25) is 5.91 Å². The van der Waals surface area contributed by atoms with E-state index in [-0.39, 0.29) is 23.0 Å². The van der Waals surface area contributed by atoms with E-state index >= 15 is 0 Å². The van der Waals surface area contributed by atoms with Gasteiger partial charge in [0.05, 0.1) is 17.0 Å². The van der Waals surface area contributed by atoms with Gasteiger partial charge in [0, 0.05) is 30.3 Å². The molecule has 3 rings (SSSR count). The highest BCUT2D eigenvalue weighted by molar-refractivity contribution is 6.31. The lowest BCUT2D eigenvalue weighted by Gasteiger charge is -2.14. The number of halogens is 2. The Labute approximate surface area is 138 Å². The van der Waals surface area contributed by atoms with Crippen molar-refractivity contribution in [1.29, 1.82) is 0 Å². The van der Waals surface area contributed by atoms with Gasteiger partial charge in [0.25, 0.3) is 0 Å². The van der Waals surface area contributed by atoms with Crippen molar-refractivity contribution < 1.29 is 13.9 Å². The van der Waals surface area contributed by atoms with E-state index in [4.69, 9.17) is 16.3 Å². The molecular weight excluding hydrogens is 319 g/mol. The molecule has 0 aliphatic carbocycles. The summed E-state index contributed by atoms with van der Waals surface area (Å²) in [6, 6.07) is 2.99. The molecule has 4 nitrogen and oxygen atoms in total. The molecule has 1 aromatic carbocycles. The van der Waals surface area contributed by atoms with Crippen LogP contribution in [0.15, 0.2) is 31.0 Å². The Bertz CT molecular complexity index is 744. The van der Waals surface area contributed by atoms with E-state index in [1.54, 1.807) is 12.1 Å². The van der Waals surface area contributed by atoms with Crippen LogP contribution < -0.4 is 5.32 Å². The number of benzene rings is 1. The van der Waals surface area contributed by atoms with E-state index in [1.807, 2.05) is 6.20 Å². The Morgan fingerprint density at radius 3 is 3.17 bits per heavy atom. The monoisotopic (exact) mass is 336 g/mol. The number of carbonyl (C=O) groups excluding carboxylic acids is 1. The van der Waals surface area contributed by atoms with Gasteiger partial charge in [-0.15, -0.1) is 6.58 Å². The molecule has 1 saturated heterocycles. The predicted octanol–water partition coefficient (Wildman–Crippen LogP) is 3.21. The highest BCUT2D eigenvalue weighted by atomic mass is 35.5. The topological polar surface area (TPSA) is 54.1 Å². The lowest BCUT2D eigenvalue weighted by Crippen LogP contribution is -2.35. The van der Waals surface area contributed by atoms with Crippen LogP contribution in [0.4, 0.5) is 4.39 Å². The first-order valence-corrected chi connectivity index (χ1v) is 7.95. The highest BCUT2D eigenvalue weighted by Gasteiger charge is 2.31. The lowest BCUT2D eigenvalue weighted by molar-refractivity contribution is -0.125. The van der Waals surface area contributed by atoms with Crippen LogP contribution in [0.3, 0.4) is 0 Å². The number of aromatic nitrogens is 1. The van der Waals surface area contributed by atoms with Crippen LogP contribution in [0.1, 0.15) is 12.0 Å². The van der Waals surface area contributed by atoms with Crippen LogP contribution in [0.2, 0.25) is 5.02 Å². The standard InChI is InChI=1S/C17H18ClFN2O2/c1-2-16-11(4-6-23-16)17(22)20-5-3-10-9-21-15-8-14(19)13(18)7-12(10)15/h2,7-9,11,16,21H,1,3-6H2,(H,20,22)/t11-,16+/m1/s1. The number of H-pyrrole nitrogens is 1. The third kappa shape index (κ3) is 3.26. The molecule has 0 radical (unpaired) electrons. The van der Waals surface area contributed by atoms with Gasteiger partial charge in [-0.25, -0.2) is 4.39 Å². The normalized spacial score (nSPS) is 20.8. The van der Waals surface area contributed by atoms with E-state index in [1.165, 1.54) is 6.07 Å². The Morgan fingerprint density at radius 2 is 2.39 bits per heavy atom. The fourth-order valence-electron chi connectivity index (χ4n) is 2.96. The molecule has 122 valence electrons. The van der Waals surface area contributed by atoms with E-state index in [0.717, 1.165) is 10.9 Å². The highest BCUT2D eigenvalue weighted by Crippen LogP contribution is 2.25. The Balaban J connectivity index is 1.62. The zero-order valence-corrected chi connectivity index (χ0v) is 13.3. The third-order valence-electron chi connectivity index (χ3n) is 4.21. The first-order chi connectivity index (χ1) is 11.1. The summed E-state index contributed by atoms with van der Waals surface area (Å²) in [4.78, 5) is 15.2. The number of carbonyl (C=O) groups is 1. The Hall–Kier alpha value is -1.85. The van der Waals surface area contributed by atoms with Crippen LogP contribution in [0, 0.1) is 11.7 Å². The van der Waals surface area contributed by atoms with Crippen LogP contribution in [0.5, 0.6) is 0 Å². The van der Waals surface area contributed by atoms with Gasteiger partial charge in [-0.05, 0) is 30.5 Å². The molecule has 0 bridgehead atoms. The lowest BCUT2D eigenvalue weighted by atomic mass is 10.0. The zero-order valence-electron chi connectivity index (χ0n) is 12.6. The second-order valence-corrected chi connectivity index (χ2v) is 6.04. The number of amides is 1. The average molecular weight is 337 g/mol. The largest absolute Gasteiger partial charge is 0.373 e. The van der Waals surface area contributed by atoms with E-state index < -0.39 is 5.82 Å². The molecule has 0 spiro atoms. The zero-order chi connectivity index (χ0) is 16.4. The van der Waals surface area contributed by atoms with Crippen LogP contribution in [0.25, 0.3) is 10.9 Å². The number of fused-ring (bicyclic) bond motifs is 1. The number of aromatic amines is 1. The maximum Gasteiger partial charge on any atom is 0.226 e. The SMILES string of the molecule is C=C[C@@H]1OCC[C@H]1C(=O)NCCc1c[nH]c2cc(F)c(Cl)cc12. The summed E-state index contributed by atoms with van der Waals surface area (Å²) >= 11 is 5.84. The van der Waals surface area contributed by atoms with Crippen molar-refractivity contribution >= 4 is 28.4 Å². The minimum Gasteiger partial charge on any atom is -0.373 e. The average Bonchev–Trinajstić information content (AvgIpc) is 3.15. The first-order valence-electron chi connectivity index (χ1n) is 7.57. The minimum atomic E-state index is -0.447. The van der Waals surface area contributed by atoms with E-state index in [9.17, 15) is 9.18 Å². The van der Waals surface area contributed by atoms with Crippen molar-refractivity contribution in [1.82, 2.24) is 10.3 Å². The molecule has 1 aromatic heterocycles. The van der Waals surface area contributed by atoms with E-state index in [0.29, 0.717) is 31.5 Å².